The molecule has 2 amide bonds. The van der Waals surface area contributed by atoms with Gasteiger partial charge in [-0.2, -0.15) is 0 Å². The molecule has 0 aromatic heterocycles. The SMILES string of the molecule is CC(C)[C@H](C[C@H](O)[C@H](CC1CCCCC1)NC(=O)OCc1ccccc1)C(=O)NCCCN1CCOCC1. The molecule has 38 heavy (non-hydrogen) atoms. The van der Waals surface area contributed by atoms with Crippen molar-refractivity contribution in [2.45, 2.75) is 84.0 Å². The van der Waals surface area contributed by atoms with Crippen molar-refractivity contribution in [2.75, 3.05) is 39.4 Å². The molecule has 8 nitrogen and oxygen atoms in total. The van der Waals surface area contributed by atoms with Gasteiger partial charge in [-0.3, -0.25) is 9.69 Å². The summed E-state index contributed by atoms with van der Waals surface area (Å²) < 4.78 is 10.9. The number of aliphatic hydroxyl groups is 1. The lowest BCUT2D eigenvalue weighted by molar-refractivity contribution is -0.127. The smallest absolute Gasteiger partial charge is 0.407 e. The largest absolute Gasteiger partial charge is 0.445 e. The zero-order valence-electron chi connectivity index (χ0n) is 23.4. The first-order valence-corrected chi connectivity index (χ1v) is 14.7. The van der Waals surface area contributed by atoms with Gasteiger partial charge in [0.05, 0.1) is 25.4 Å². The normalized spacial score (nSPS) is 19.5. The summed E-state index contributed by atoms with van der Waals surface area (Å²) in [5, 5.41) is 17.4. The number of rotatable bonds is 14. The highest BCUT2D eigenvalue weighted by Gasteiger charge is 2.32. The monoisotopic (exact) mass is 531 g/mol. The molecule has 1 saturated heterocycles. The van der Waals surface area contributed by atoms with Crippen molar-refractivity contribution in [1.82, 2.24) is 15.5 Å². The molecular weight excluding hydrogens is 482 g/mol. The summed E-state index contributed by atoms with van der Waals surface area (Å²) in [4.78, 5) is 28.2. The van der Waals surface area contributed by atoms with Gasteiger partial charge in [-0.25, -0.2) is 4.79 Å². The van der Waals surface area contributed by atoms with Crippen LogP contribution in [0.2, 0.25) is 0 Å². The molecule has 1 aliphatic carbocycles. The molecule has 0 unspecified atom stereocenters. The maximum absolute atomic E-state index is 13.1. The number of carbonyl (C=O) groups excluding carboxylic acids is 2. The fourth-order valence-corrected chi connectivity index (χ4v) is 5.59. The summed E-state index contributed by atoms with van der Waals surface area (Å²) in [5.41, 5.74) is 0.914. The zero-order valence-corrected chi connectivity index (χ0v) is 23.4. The third-order valence-electron chi connectivity index (χ3n) is 7.98. The van der Waals surface area contributed by atoms with Crippen LogP contribution in [0.1, 0.15) is 70.8 Å². The number of alkyl carbamates (subject to hydrolysis) is 1. The highest BCUT2D eigenvalue weighted by Crippen LogP contribution is 2.29. The summed E-state index contributed by atoms with van der Waals surface area (Å²) in [6, 6.07) is 9.11. The molecule has 2 fully saturated rings. The van der Waals surface area contributed by atoms with E-state index in [0.29, 0.717) is 25.3 Å². The van der Waals surface area contributed by atoms with E-state index in [0.717, 1.165) is 57.7 Å². The molecule has 3 atom stereocenters. The van der Waals surface area contributed by atoms with Gasteiger partial charge in [0, 0.05) is 25.6 Å². The van der Waals surface area contributed by atoms with Crippen LogP contribution in [-0.2, 0) is 20.9 Å². The number of benzene rings is 1. The Morgan fingerprint density at radius 2 is 1.82 bits per heavy atom. The van der Waals surface area contributed by atoms with Crippen LogP contribution in [-0.4, -0.2) is 73.5 Å². The van der Waals surface area contributed by atoms with Gasteiger partial charge in [-0.15, -0.1) is 0 Å². The van der Waals surface area contributed by atoms with Gasteiger partial charge in [-0.05, 0) is 43.2 Å². The van der Waals surface area contributed by atoms with E-state index in [9.17, 15) is 14.7 Å². The standard InChI is InChI=1S/C30H49N3O5/c1-23(2)26(29(35)31-14-9-15-33-16-18-37-19-17-33)21-28(34)27(20-24-10-5-3-6-11-24)32-30(36)38-22-25-12-7-4-8-13-25/h4,7-8,12-13,23-24,26-28,34H,3,5-6,9-11,14-22H2,1-2H3,(H,31,35)(H,32,36)/t26-,27-,28-/m0/s1. The average Bonchev–Trinajstić information content (AvgIpc) is 2.94. The van der Waals surface area contributed by atoms with Crippen LogP contribution in [0.4, 0.5) is 4.79 Å². The van der Waals surface area contributed by atoms with E-state index in [4.69, 9.17) is 9.47 Å². The van der Waals surface area contributed by atoms with Crippen LogP contribution in [0.3, 0.4) is 0 Å². The zero-order chi connectivity index (χ0) is 27.2. The first-order valence-electron chi connectivity index (χ1n) is 14.7. The number of nitrogens with zero attached hydrogens (tertiary/aromatic N) is 1. The highest BCUT2D eigenvalue weighted by atomic mass is 16.5. The van der Waals surface area contributed by atoms with Crippen molar-refractivity contribution in [2.24, 2.45) is 17.8 Å². The molecule has 0 radical (unpaired) electrons. The number of hydrogen-bond donors (Lipinski definition) is 3. The van der Waals surface area contributed by atoms with E-state index in [1.54, 1.807) is 0 Å². The van der Waals surface area contributed by atoms with Gasteiger partial charge < -0.3 is 25.2 Å². The summed E-state index contributed by atoms with van der Waals surface area (Å²) in [7, 11) is 0. The minimum Gasteiger partial charge on any atom is -0.445 e. The number of ether oxygens (including phenoxy) is 2. The van der Waals surface area contributed by atoms with Crippen LogP contribution in [0.5, 0.6) is 0 Å². The molecule has 3 rings (SSSR count). The topological polar surface area (TPSA) is 100 Å². The van der Waals surface area contributed by atoms with Gasteiger partial charge in [0.15, 0.2) is 0 Å². The van der Waals surface area contributed by atoms with Crippen molar-refractivity contribution in [1.29, 1.82) is 0 Å². The van der Waals surface area contributed by atoms with Crippen LogP contribution < -0.4 is 10.6 Å². The Labute approximate surface area is 228 Å². The molecule has 0 spiro atoms. The molecule has 8 heteroatoms. The van der Waals surface area contributed by atoms with E-state index < -0.39 is 18.2 Å². The summed E-state index contributed by atoms with van der Waals surface area (Å²) >= 11 is 0. The molecule has 0 bridgehead atoms. The fourth-order valence-electron chi connectivity index (χ4n) is 5.59. The molecule has 214 valence electrons. The van der Waals surface area contributed by atoms with Crippen molar-refractivity contribution in [3.63, 3.8) is 0 Å². The minimum absolute atomic E-state index is 0.0240. The molecular formula is C30H49N3O5. The molecule has 1 saturated carbocycles. The molecule has 1 aromatic rings. The Morgan fingerprint density at radius 1 is 1.11 bits per heavy atom. The molecule has 3 N–H and O–H groups in total. The lowest BCUT2D eigenvalue weighted by Crippen LogP contribution is -2.47. The van der Waals surface area contributed by atoms with Crippen molar-refractivity contribution >= 4 is 12.0 Å². The number of morpholine rings is 1. The van der Waals surface area contributed by atoms with Crippen LogP contribution in [0.15, 0.2) is 30.3 Å². The van der Waals surface area contributed by atoms with E-state index in [-0.39, 0.29) is 24.3 Å². The van der Waals surface area contributed by atoms with Crippen LogP contribution >= 0.6 is 0 Å². The Hall–Kier alpha value is -2.16. The molecule has 1 aliphatic heterocycles. The third-order valence-corrected chi connectivity index (χ3v) is 7.98. The second-order valence-electron chi connectivity index (χ2n) is 11.3. The third kappa shape index (κ3) is 10.9. The highest BCUT2D eigenvalue weighted by molar-refractivity contribution is 5.78. The predicted molar refractivity (Wildman–Crippen MR) is 149 cm³/mol. The second-order valence-corrected chi connectivity index (χ2v) is 11.3. The maximum atomic E-state index is 13.1. The summed E-state index contributed by atoms with van der Waals surface area (Å²) in [5.74, 6) is 0.182. The number of hydrogen-bond acceptors (Lipinski definition) is 6. The fraction of sp³-hybridized carbons (Fsp3) is 0.733. The van der Waals surface area contributed by atoms with Crippen molar-refractivity contribution in [3.05, 3.63) is 35.9 Å². The lowest BCUT2D eigenvalue weighted by Gasteiger charge is -2.32. The number of aliphatic hydroxyl groups excluding tert-OH is 1. The number of carbonyl (C=O) groups is 2. The predicted octanol–water partition coefficient (Wildman–Crippen LogP) is 4.11. The van der Waals surface area contributed by atoms with Gasteiger partial charge >= 0.3 is 6.09 Å². The summed E-state index contributed by atoms with van der Waals surface area (Å²) in [6.07, 6.45) is 6.39. The Morgan fingerprint density at radius 3 is 2.50 bits per heavy atom. The molecule has 2 aliphatic rings. The van der Waals surface area contributed by atoms with E-state index >= 15 is 0 Å². The number of amides is 2. The lowest BCUT2D eigenvalue weighted by atomic mass is 9.81. The quantitative estimate of drug-likeness (QED) is 0.313. The minimum atomic E-state index is -0.826. The van der Waals surface area contributed by atoms with Gasteiger partial charge in [0.25, 0.3) is 0 Å². The van der Waals surface area contributed by atoms with Gasteiger partial charge in [-0.1, -0.05) is 76.3 Å². The summed E-state index contributed by atoms with van der Waals surface area (Å²) in [6.45, 7) is 9.20. The van der Waals surface area contributed by atoms with Gasteiger partial charge in [0.2, 0.25) is 5.91 Å². The van der Waals surface area contributed by atoms with E-state index in [1.807, 2.05) is 44.2 Å². The number of nitrogens with one attached hydrogen (secondary N) is 2. The van der Waals surface area contributed by atoms with Gasteiger partial charge in [0.1, 0.15) is 6.61 Å². The van der Waals surface area contributed by atoms with Crippen LogP contribution in [0.25, 0.3) is 0 Å². The van der Waals surface area contributed by atoms with E-state index in [1.165, 1.54) is 19.3 Å². The first kappa shape index (κ1) is 30.4. The van der Waals surface area contributed by atoms with Crippen molar-refractivity contribution < 1.29 is 24.2 Å². The van der Waals surface area contributed by atoms with Crippen LogP contribution in [0, 0.1) is 17.8 Å². The Bertz CT molecular complexity index is 809. The molecule has 1 heterocycles. The molecule has 1 aromatic carbocycles. The van der Waals surface area contributed by atoms with Crippen molar-refractivity contribution in [3.8, 4) is 0 Å². The first-order chi connectivity index (χ1) is 18.4. The maximum Gasteiger partial charge on any atom is 0.407 e. The Balaban J connectivity index is 1.52. The average molecular weight is 532 g/mol. The Kier molecular flexibility index (Phi) is 13.4. The second kappa shape index (κ2) is 16.7. The van der Waals surface area contributed by atoms with E-state index in [2.05, 4.69) is 15.5 Å².